The number of nitro benzene ring substituents is 1. The molecule has 3 aromatic carbocycles. The van der Waals surface area contributed by atoms with Crippen LogP contribution in [-0.4, -0.2) is 70.8 Å². The normalized spacial score (nSPS) is 16.1. The van der Waals surface area contributed by atoms with Gasteiger partial charge in [-0.15, -0.1) is 0 Å². The van der Waals surface area contributed by atoms with E-state index in [1.54, 1.807) is 21.9 Å². The highest BCUT2D eigenvalue weighted by atomic mass is 35.5. The zero-order valence-corrected chi connectivity index (χ0v) is 24.2. The van der Waals surface area contributed by atoms with Gasteiger partial charge in [0, 0.05) is 53.1 Å². The minimum absolute atomic E-state index is 0.0860. The van der Waals surface area contributed by atoms with Crippen LogP contribution in [-0.2, 0) is 16.0 Å². The minimum atomic E-state index is -0.898. The largest absolute Gasteiger partial charge is 0.354 e. The van der Waals surface area contributed by atoms with Crippen molar-refractivity contribution in [3.8, 4) is 0 Å². The number of rotatable bonds is 8. The summed E-state index contributed by atoms with van der Waals surface area (Å²) in [6.07, 6.45) is 1.29. The van der Waals surface area contributed by atoms with Crippen molar-refractivity contribution in [1.82, 2.24) is 15.1 Å². The number of nitrogens with one attached hydrogen (secondary N) is 1. The smallest absolute Gasteiger partial charge is 0.269 e. The van der Waals surface area contributed by atoms with Gasteiger partial charge in [0.05, 0.1) is 11.6 Å². The van der Waals surface area contributed by atoms with Crippen molar-refractivity contribution in [3.05, 3.63) is 104 Å². The van der Waals surface area contributed by atoms with Crippen molar-refractivity contribution < 1.29 is 19.3 Å². The van der Waals surface area contributed by atoms with Gasteiger partial charge in [-0.1, -0.05) is 47.5 Å². The number of carbonyl (C=O) groups is 3. The van der Waals surface area contributed by atoms with E-state index in [0.717, 1.165) is 11.3 Å². The van der Waals surface area contributed by atoms with Crippen molar-refractivity contribution in [1.29, 1.82) is 0 Å². The summed E-state index contributed by atoms with van der Waals surface area (Å²) in [6.45, 7) is 1.16. The van der Waals surface area contributed by atoms with E-state index in [2.05, 4.69) is 5.32 Å². The third-order valence-corrected chi connectivity index (χ3v) is 8.44. The van der Waals surface area contributed by atoms with E-state index in [1.165, 1.54) is 24.3 Å². The highest BCUT2D eigenvalue weighted by Crippen LogP contribution is 2.39. The van der Waals surface area contributed by atoms with E-state index < -0.39 is 10.5 Å². The number of carbonyl (C=O) groups excluding carboxylic acids is 3. The van der Waals surface area contributed by atoms with E-state index in [-0.39, 0.29) is 36.6 Å². The molecule has 0 aromatic heterocycles. The molecule has 1 N–H and O–H groups in total. The molecule has 0 unspecified atom stereocenters. The molecule has 2 aliphatic heterocycles. The second-order valence-electron chi connectivity index (χ2n) is 10.4. The van der Waals surface area contributed by atoms with Crippen molar-refractivity contribution in [3.63, 3.8) is 0 Å². The summed E-state index contributed by atoms with van der Waals surface area (Å²) in [6, 6.07) is 20.3. The molecule has 2 heterocycles. The number of piperidine rings is 1. The predicted molar refractivity (Wildman–Crippen MR) is 160 cm³/mol. The molecule has 2 fully saturated rings. The van der Waals surface area contributed by atoms with Crippen LogP contribution < -0.4 is 10.2 Å². The molecule has 3 aromatic rings. The average Bonchev–Trinajstić information content (AvgIpc) is 3.25. The Morgan fingerprint density at radius 3 is 2.31 bits per heavy atom. The van der Waals surface area contributed by atoms with Crippen LogP contribution in [0, 0.1) is 10.1 Å². The number of hydrogen-bond acceptors (Lipinski definition) is 6. The van der Waals surface area contributed by atoms with E-state index in [4.69, 9.17) is 23.2 Å². The summed E-state index contributed by atoms with van der Waals surface area (Å²) in [7, 11) is 0. The van der Waals surface area contributed by atoms with Crippen LogP contribution in [0.1, 0.15) is 28.8 Å². The molecular weight excluding hydrogens is 581 g/mol. The zero-order chi connectivity index (χ0) is 29.9. The van der Waals surface area contributed by atoms with Crippen molar-refractivity contribution in [2.24, 2.45) is 0 Å². The second kappa shape index (κ2) is 12.4. The summed E-state index contributed by atoms with van der Waals surface area (Å²) in [4.78, 5) is 55.7. The van der Waals surface area contributed by atoms with Gasteiger partial charge in [-0.25, -0.2) is 0 Å². The Bertz CT molecular complexity index is 1490. The maximum absolute atomic E-state index is 13.9. The van der Waals surface area contributed by atoms with Crippen LogP contribution in [0.4, 0.5) is 11.4 Å². The number of nitro groups is 1. The number of hydrogen-bond donors (Lipinski definition) is 1. The Morgan fingerprint density at radius 1 is 0.976 bits per heavy atom. The van der Waals surface area contributed by atoms with E-state index >= 15 is 0 Å². The van der Waals surface area contributed by atoms with Gasteiger partial charge in [-0.2, -0.15) is 0 Å². The van der Waals surface area contributed by atoms with Crippen LogP contribution in [0.15, 0.2) is 72.8 Å². The lowest BCUT2D eigenvalue weighted by Gasteiger charge is -2.43. The van der Waals surface area contributed by atoms with Crippen LogP contribution in [0.2, 0.25) is 10.0 Å². The van der Waals surface area contributed by atoms with E-state index in [0.29, 0.717) is 54.5 Å². The summed E-state index contributed by atoms with van der Waals surface area (Å²) < 4.78 is 0. The first-order valence-electron chi connectivity index (χ1n) is 13.5. The Kier molecular flexibility index (Phi) is 8.65. The SMILES string of the molecule is O=C(CN1CN(c2ccccc2)C2(CCN(C(=O)c3ccc([N+](=O)[O-])cc3)CC2)C1=O)NCCc1ccc(Cl)cc1Cl. The van der Waals surface area contributed by atoms with E-state index in [1.807, 2.05) is 41.3 Å². The molecule has 3 amide bonds. The Hall–Kier alpha value is -4.15. The van der Waals surface area contributed by atoms with Gasteiger partial charge < -0.3 is 20.0 Å². The lowest BCUT2D eigenvalue weighted by Crippen LogP contribution is -2.57. The molecule has 5 rings (SSSR count). The van der Waals surface area contributed by atoms with Gasteiger partial charge in [-0.3, -0.25) is 24.5 Å². The fraction of sp³-hybridized carbons (Fsp3) is 0.300. The number of halogens is 2. The molecule has 1 spiro atoms. The highest BCUT2D eigenvalue weighted by molar-refractivity contribution is 6.35. The van der Waals surface area contributed by atoms with Crippen LogP contribution in [0.25, 0.3) is 0 Å². The van der Waals surface area contributed by atoms with Gasteiger partial charge in [0.25, 0.3) is 17.5 Å². The zero-order valence-electron chi connectivity index (χ0n) is 22.7. The van der Waals surface area contributed by atoms with Gasteiger partial charge in [-0.05, 0) is 61.2 Å². The molecule has 2 saturated heterocycles. The lowest BCUT2D eigenvalue weighted by atomic mass is 9.85. The van der Waals surface area contributed by atoms with Crippen LogP contribution in [0.5, 0.6) is 0 Å². The van der Waals surface area contributed by atoms with Gasteiger partial charge in [0.2, 0.25) is 5.91 Å². The first-order chi connectivity index (χ1) is 20.2. The van der Waals surface area contributed by atoms with Gasteiger partial charge in [0.1, 0.15) is 12.1 Å². The summed E-state index contributed by atoms with van der Waals surface area (Å²) in [5.41, 5.74) is 1.10. The Morgan fingerprint density at radius 2 is 1.67 bits per heavy atom. The molecule has 2 aliphatic rings. The first-order valence-corrected chi connectivity index (χ1v) is 14.3. The topological polar surface area (TPSA) is 116 Å². The molecule has 10 nitrogen and oxygen atoms in total. The first kappa shape index (κ1) is 29.3. The third-order valence-electron chi connectivity index (χ3n) is 7.85. The summed E-state index contributed by atoms with van der Waals surface area (Å²) in [5.74, 6) is -0.664. The minimum Gasteiger partial charge on any atom is -0.354 e. The standard InChI is InChI=1S/C30H29Cl2N5O5/c31-23-9-6-21(26(32)18-23)12-15-33-27(38)19-35-20-36(24-4-2-1-3-5-24)30(29(35)40)13-16-34(17-14-30)28(39)22-7-10-25(11-8-22)37(41)42/h1-11,18H,12-17,19-20H2,(H,33,38). The van der Waals surface area contributed by atoms with Crippen LogP contribution in [0.3, 0.4) is 0 Å². The second-order valence-corrected chi connectivity index (χ2v) is 11.2. The van der Waals surface area contributed by atoms with Gasteiger partial charge >= 0.3 is 0 Å². The van der Waals surface area contributed by atoms with Gasteiger partial charge in [0.15, 0.2) is 0 Å². The molecule has 0 aliphatic carbocycles. The summed E-state index contributed by atoms with van der Waals surface area (Å²) >= 11 is 12.2. The number of benzene rings is 3. The van der Waals surface area contributed by atoms with Crippen molar-refractivity contribution in [2.75, 3.05) is 37.7 Å². The Labute approximate surface area is 252 Å². The maximum atomic E-state index is 13.9. The quantitative estimate of drug-likeness (QED) is 0.296. The average molecular weight is 610 g/mol. The van der Waals surface area contributed by atoms with Crippen molar-refractivity contribution >= 4 is 52.3 Å². The van der Waals surface area contributed by atoms with Crippen molar-refractivity contribution in [2.45, 2.75) is 24.8 Å². The number of anilines is 1. The summed E-state index contributed by atoms with van der Waals surface area (Å²) in [5, 5.41) is 14.9. The Balaban J connectivity index is 1.25. The fourth-order valence-electron chi connectivity index (χ4n) is 5.60. The molecular formula is C30H29Cl2N5O5. The fourth-order valence-corrected chi connectivity index (χ4v) is 6.10. The lowest BCUT2D eigenvalue weighted by molar-refractivity contribution is -0.384. The monoisotopic (exact) mass is 609 g/mol. The highest BCUT2D eigenvalue weighted by Gasteiger charge is 2.54. The molecule has 0 atom stereocenters. The number of non-ortho nitro benzene ring substituents is 1. The number of para-hydroxylation sites is 1. The molecule has 0 bridgehead atoms. The third kappa shape index (κ3) is 6.05. The molecule has 0 radical (unpaired) electrons. The molecule has 0 saturated carbocycles. The molecule has 218 valence electrons. The number of nitrogens with zero attached hydrogens (tertiary/aromatic N) is 4. The number of likely N-dealkylation sites (tertiary alicyclic amines) is 1. The maximum Gasteiger partial charge on any atom is 0.269 e. The molecule has 42 heavy (non-hydrogen) atoms. The number of amides is 3. The molecule has 12 heteroatoms. The predicted octanol–water partition coefficient (Wildman–Crippen LogP) is 4.54. The van der Waals surface area contributed by atoms with E-state index in [9.17, 15) is 24.5 Å². The van der Waals surface area contributed by atoms with Crippen LogP contribution >= 0.6 is 23.2 Å².